The minimum atomic E-state index is -0.546. The fraction of sp³-hybridized carbons (Fsp3) is 0.182. The normalized spacial score (nSPS) is 15.9. The number of anilines is 1. The number of amides is 2. The molecule has 29 heavy (non-hydrogen) atoms. The van der Waals surface area contributed by atoms with Crippen molar-refractivity contribution in [2.75, 3.05) is 11.9 Å². The van der Waals surface area contributed by atoms with E-state index in [2.05, 4.69) is 5.32 Å². The Morgan fingerprint density at radius 3 is 2.62 bits per heavy atom. The minimum absolute atomic E-state index is 0.226. The molecule has 0 saturated carbocycles. The summed E-state index contributed by atoms with van der Waals surface area (Å²) in [4.78, 5) is 26.8. The van der Waals surface area contributed by atoms with Crippen LogP contribution < -0.4 is 10.1 Å². The van der Waals surface area contributed by atoms with Crippen molar-refractivity contribution in [2.24, 2.45) is 0 Å². The highest BCUT2D eigenvalue weighted by atomic mass is 19.1. The molecule has 2 aromatic carbocycles. The van der Waals surface area contributed by atoms with Crippen molar-refractivity contribution in [1.82, 2.24) is 4.90 Å². The molecule has 1 unspecified atom stereocenters. The molecule has 1 aliphatic heterocycles. The Morgan fingerprint density at radius 2 is 1.90 bits per heavy atom. The monoisotopic (exact) mass is 394 g/mol. The van der Waals surface area contributed by atoms with Crippen LogP contribution in [0.15, 0.2) is 71.3 Å². The molecule has 2 amide bonds. The second-order valence-electron chi connectivity index (χ2n) is 6.71. The number of nitrogens with zero attached hydrogens (tertiary/aromatic N) is 1. The number of rotatable bonds is 5. The summed E-state index contributed by atoms with van der Waals surface area (Å²) < 4.78 is 24.0. The summed E-state index contributed by atoms with van der Waals surface area (Å²) in [7, 11) is 0. The summed E-state index contributed by atoms with van der Waals surface area (Å²) in [6.45, 7) is 0.512. The second-order valence-corrected chi connectivity index (χ2v) is 6.71. The van der Waals surface area contributed by atoms with Gasteiger partial charge in [-0.05, 0) is 61.4 Å². The molecule has 1 aliphatic rings. The zero-order valence-electron chi connectivity index (χ0n) is 15.5. The maximum Gasteiger partial charge on any atom is 0.290 e. The number of likely N-dealkylation sites (tertiary alicyclic amines) is 1. The van der Waals surface area contributed by atoms with E-state index in [0.717, 1.165) is 6.42 Å². The largest absolute Gasteiger partial charge is 0.459 e. The van der Waals surface area contributed by atoms with Gasteiger partial charge in [-0.3, -0.25) is 9.59 Å². The van der Waals surface area contributed by atoms with Crippen LogP contribution in [0.4, 0.5) is 10.1 Å². The number of carbonyl (C=O) groups excluding carboxylic acids is 2. The molecule has 7 heteroatoms. The summed E-state index contributed by atoms with van der Waals surface area (Å²) in [6.07, 6.45) is 2.79. The molecule has 1 saturated heterocycles. The lowest BCUT2D eigenvalue weighted by molar-refractivity contribution is -0.119. The van der Waals surface area contributed by atoms with E-state index in [-0.39, 0.29) is 23.4 Å². The molecule has 4 rings (SSSR count). The first-order valence-electron chi connectivity index (χ1n) is 9.29. The lowest BCUT2D eigenvalue weighted by atomic mass is 10.2. The molecule has 1 aromatic heterocycles. The van der Waals surface area contributed by atoms with Crippen LogP contribution in [0, 0.1) is 5.82 Å². The molecule has 0 radical (unpaired) electrons. The van der Waals surface area contributed by atoms with Gasteiger partial charge in [0.1, 0.15) is 23.4 Å². The molecular formula is C22H19FN2O4. The highest BCUT2D eigenvalue weighted by molar-refractivity contribution is 6.00. The number of nitrogens with one attached hydrogen (secondary N) is 1. The van der Waals surface area contributed by atoms with Gasteiger partial charge in [0.2, 0.25) is 5.91 Å². The van der Waals surface area contributed by atoms with Crippen LogP contribution in [0.2, 0.25) is 0 Å². The van der Waals surface area contributed by atoms with E-state index in [1.807, 2.05) is 0 Å². The molecule has 1 fully saturated rings. The molecule has 6 nitrogen and oxygen atoms in total. The van der Waals surface area contributed by atoms with E-state index in [4.69, 9.17) is 9.15 Å². The number of carbonyl (C=O) groups is 2. The third kappa shape index (κ3) is 4.29. The Hall–Kier alpha value is -3.61. The van der Waals surface area contributed by atoms with Gasteiger partial charge in [0.05, 0.1) is 6.26 Å². The first-order chi connectivity index (χ1) is 14.1. The van der Waals surface area contributed by atoms with Crippen LogP contribution in [0.1, 0.15) is 23.4 Å². The van der Waals surface area contributed by atoms with Crippen molar-refractivity contribution in [3.63, 3.8) is 0 Å². The third-order valence-electron chi connectivity index (χ3n) is 4.70. The van der Waals surface area contributed by atoms with Gasteiger partial charge in [0.15, 0.2) is 5.76 Å². The Kier molecular flexibility index (Phi) is 5.29. The van der Waals surface area contributed by atoms with Crippen LogP contribution in [0.25, 0.3) is 0 Å². The average Bonchev–Trinajstić information content (AvgIpc) is 3.41. The number of benzene rings is 2. The summed E-state index contributed by atoms with van der Waals surface area (Å²) in [5, 5.41) is 2.84. The predicted molar refractivity (Wildman–Crippen MR) is 104 cm³/mol. The van der Waals surface area contributed by atoms with E-state index < -0.39 is 6.04 Å². The Morgan fingerprint density at radius 1 is 1.07 bits per heavy atom. The maximum absolute atomic E-state index is 13.2. The lowest BCUT2D eigenvalue weighted by Gasteiger charge is -2.23. The molecule has 0 aliphatic carbocycles. The van der Waals surface area contributed by atoms with E-state index in [0.29, 0.717) is 30.2 Å². The maximum atomic E-state index is 13.2. The molecule has 3 aromatic rings. The molecule has 0 spiro atoms. The fourth-order valence-electron chi connectivity index (χ4n) is 3.32. The smallest absolute Gasteiger partial charge is 0.290 e. The van der Waals surface area contributed by atoms with E-state index >= 15 is 0 Å². The molecule has 2 heterocycles. The number of ether oxygens (including phenoxy) is 1. The lowest BCUT2D eigenvalue weighted by Crippen LogP contribution is -2.43. The molecule has 148 valence electrons. The van der Waals surface area contributed by atoms with Crippen LogP contribution in [-0.4, -0.2) is 29.3 Å². The van der Waals surface area contributed by atoms with Crippen molar-refractivity contribution < 1.29 is 23.1 Å². The Balaban J connectivity index is 1.39. The van der Waals surface area contributed by atoms with Crippen molar-refractivity contribution >= 4 is 17.5 Å². The Labute approximate surface area is 166 Å². The van der Waals surface area contributed by atoms with Gasteiger partial charge in [-0.25, -0.2) is 4.39 Å². The third-order valence-corrected chi connectivity index (χ3v) is 4.70. The van der Waals surface area contributed by atoms with E-state index in [1.165, 1.54) is 23.3 Å². The van der Waals surface area contributed by atoms with Gasteiger partial charge in [0.25, 0.3) is 5.91 Å². The molecule has 1 atom stereocenters. The van der Waals surface area contributed by atoms with Gasteiger partial charge >= 0.3 is 0 Å². The first-order valence-corrected chi connectivity index (χ1v) is 9.29. The van der Waals surface area contributed by atoms with Crippen molar-refractivity contribution in [2.45, 2.75) is 18.9 Å². The topological polar surface area (TPSA) is 71.8 Å². The molecule has 0 bridgehead atoms. The van der Waals surface area contributed by atoms with Gasteiger partial charge in [-0.2, -0.15) is 0 Å². The quantitative estimate of drug-likeness (QED) is 0.694. The van der Waals surface area contributed by atoms with Gasteiger partial charge < -0.3 is 19.4 Å². The van der Waals surface area contributed by atoms with Gasteiger partial charge in [0, 0.05) is 18.3 Å². The standard InChI is InChI=1S/C22H19FN2O4/c23-15-4-1-5-18(14-15)29-17-10-8-16(9-11-17)24-21(26)19-6-2-12-25(19)22(27)20-7-3-13-28-20/h1,3-5,7-11,13-14,19H,2,6,12H2,(H,24,26). The zero-order chi connectivity index (χ0) is 20.2. The summed E-state index contributed by atoms with van der Waals surface area (Å²) >= 11 is 0. The van der Waals surface area contributed by atoms with Gasteiger partial charge in [-0.15, -0.1) is 0 Å². The van der Waals surface area contributed by atoms with Crippen LogP contribution in [0.5, 0.6) is 11.5 Å². The fourth-order valence-corrected chi connectivity index (χ4v) is 3.32. The van der Waals surface area contributed by atoms with Crippen molar-refractivity contribution in [1.29, 1.82) is 0 Å². The number of hydrogen-bond donors (Lipinski definition) is 1. The number of halogens is 1. The summed E-state index contributed by atoms with van der Waals surface area (Å²) in [6, 6.07) is 15.3. The highest BCUT2D eigenvalue weighted by Gasteiger charge is 2.35. The minimum Gasteiger partial charge on any atom is -0.459 e. The Bertz CT molecular complexity index is 1000. The zero-order valence-corrected chi connectivity index (χ0v) is 15.5. The van der Waals surface area contributed by atoms with Crippen LogP contribution in [-0.2, 0) is 4.79 Å². The second kappa shape index (κ2) is 8.18. The first kappa shape index (κ1) is 18.7. The summed E-state index contributed by atoms with van der Waals surface area (Å²) in [5.74, 6) is 0.219. The predicted octanol–water partition coefficient (Wildman–Crippen LogP) is 4.45. The van der Waals surface area contributed by atoms with Crippen molar-refractivity contribution in [3.05, 3.63) is 78.5 Å². The van der Waals surface area contributed by atoms with E-state index in [9.17, 15) is 14.0 Å². The van der Waals surface area contributed by atoms with Crippen LogP contribution in [0.3, 0.4) is 0 Å². The van der Waals surface area contributed by atoms with E-state index in [1.54, 1.807) is 48.5 Å². The molecular weight excluding hydrogens is 375 g/mol. The SMILES string of the molecule is O=C(Nc1ccc(Oc2cccc(F)c2)cc1)C1CCCN1C(=O)c1ccco1. The number of furan rings is 1. The van der Waals surface area contributed by atoms with Crippen molar-refractivity contribution in [3.8, 4) is 11.5 Å². The average molecular weight is 394 g/mol. The van der Waals surface area contributed by atoms with Gasteiger partial charge in [-0.1, -0.05) is 6.07 Å². The molecule has 1 N–H and O–H groups in total. The summed E-state index contributed by atoms with van der Waals surface area (Å²) in [5.41, 5.74) is 0.582. The number of hydrogen-bond acceptors (Lipinski definition) is 4. The highest BCUT2D eigenvalue weighted by Crippen LogP contribution is 2.25. The van der Waals surface area contributed by atoms with Crippen LogP contribution >= 0.6 is 0 Å².